The number of hydrogen-bond acceptors (Lipinski definition) is 6. The van der Waals surface area contributed by atoms with Gasteiger partial charge in [0.2, 0.25) is 0 Å². The lowest BCUT2D eigenvalue weighted by Gasteiger charge is -2.31. The number of benzene rings is 3. The van der Waals surface area contributed by atoms with E-state index in [-0.39, 0.29) is 23.5 Å². The van der Waals surface area contributed by atoms with Crippen molar-refractivity contribution < 1.29 is 33.7 Å². The predicted octanol–water partition coefficient (Wildman–Crippen LogP) is 6.60. The second-order valence-electron chi connectivity index (χ2n) is 11.2. The first kappa shape index (κ1) is 30.8. The number of para-hydroxylation sites is 1. The van der Waals surface area contributed by atoms with Crippen LogP contribution in [-0.2, 0) is 14.3 Å². The van der Waals surface area contributed by atoms with Crippen molar-refractivity contribution in [1.29, 1.82) is 0 Å². The number of methoxy groups -OCH3 is 2. The SMILES string of the molecule is COc1cccc([C@H]2O[C@H](CC(=O)c3ccc(/C=C/C(=O)O)cc3)C(=O)N(CC(C)(C)C)c3ccc(Cl)cc32)c1OC. The van der Waals surface area contributed by atoms with E-state index in [9.17, 15) is 14.4 Å². The monoisotopic (exact) mass is 591 g/mol. The molecule has 0 radical (unpaired) electrons. The number of ketones is 1. The van der Waals surface area contributed by atoms with E-state index in [4.69, 9.17) is 30.9 Å². The largest absolute Gasteiger partial charge is 0.493 e. The Bertz CT molecular complexity index is 1510. The van der Waals surface area contributed by atoms with Gasteiger partial charge >= 0.3 is 5.97 Å². The van der Waals surface area contributed by atoms with Gasteiger partial charge in [0.1, 0.15) is 12.2 Å². The standard InChI is InChI=1S/C33H34ClNO7/c1-33(2,3)19-35-25-15-14-22(34)17-24(25)30(23-7-6-8-27(40-4)31(23)41-5)42-28(32(35)39)18-26(36)21-12-9-20(10-13-21)11-16-29(37)38/h6-17,28,30H,18-19H2,1-5H3,(H,37,38)/b16-11+/t28-,30-/m1/s1. The number of carboxylic acids is 1. The third-order valence-electron chi connectivity index (χ3n) is 6.77. The minimum Gasteiger partial charge on any atom is -0.493 e. The first-order valence-corrected chi connectivity index (χ1v) is 13.8. The highest BCUT2D eigenvalue weighted by atomic mass is 35.5. The molecule has 9 heteroatoms. The first-order chi connectivity index (χ1) is 19.9. The quantitative estimate of drug-likeness (QED) is 0.221. The van der Waals surface area contributed by atoms with Crippen LogP contribution in [0.5, 0.6) is 11.5 Å². The summed E-state index contributed by atoms with van der Waals surface area (Å²) in [6.45, 7) is 6.47. The third-order valence-corrected chi connectivity index (χ3v) is 7.01. The summed E-state index contributed by atoms with van der Waals surface area (Å²) in [6.07, 6.45) is 0.314. The van der Waals surface area contributed by atoms with E-state index in [1.54, 1.807) is 60.5 Å². The normalized spacial score (nSPS) is 17.1. The summed E-state index contributed by atoms with van der Waals surface area (Å²) >= 11 is 6.48. The Morgan fingerprint density at radius 3 is 2.36 bits per heavy atom. The molecule has 1 heterocycles. The number of halogens is 1. The maximum Gasteiger partial charge on any atom is 0.328 e. The number of Topliss-reactive ketones (excluding diaryl/α,β-unsaturated/α-hetero) is 1. The van der Waals surface area contributed by atoms with E-state index in [2.05, 4.69) is 0 Å². The van der Waals surface area contributed by atoms with E-state index in [0.29, 0.717) is 51.0 Å². The smallest absolute Gasteiger partial charge is 0.328 e. The molecule has 0 spiro atoms. The Balaban J connectivity index is 1.80. The van der Waals surface area contributed by atoms with Crippen LogP contribution < -0.4 is 14.4 Å². The van der Waals surface area contributed by atoms with E-state index >= 15 is 0 Å². The number of amides is 1. The fourth-order valence-corrected chi connectivity index (χ4v) is 5.12. The van der Waals surface area contributed by atoms with Gasteiger partial charge in [0, 0.05) is 46.4 Å². The summed E-state index contributed by atoms with van der Waals surface area (Å²) in [6, 6.07) is 17.2. The summed E-state index contributed by atoms with van der Waals surface area (Å²) in [5.41, 5.74) is 2.66. The minimum absolute atomic E-state index is 0.214. The zero-order chi connectivity index (χ0) is 30.6. The van der Waals surface area contributed by atoms with Crippen LogP contribution in [0.15, 0.2) is 66.7 Å². The Morgan fingerprint density at radius 1 is 1.02 bits per heavy atom. The molecule has 8 nitrogen and oxygen atoms in total. The van der Waals surface area contributed by atoms with Gasteiger partial charge in [-0.2, -0.15) is 0 Å². The van der Waals surface area contributed by atoms with E-state index in [0.717, 1.165) is 6.08 Å². The highest BCUT2D eigenvalue weighted by Crippen LogP contribution is 2.45. The predicted molar refractivity (Wildman–Crippen MR) is 162 cm³/mol. The Hall–Kier alpha value is -4.14. The van der Waals surface area contributed by atoms with Gasteiger partial charge in [-0.15, -0.1) is 0 Å². The van der Waals surface area contributed by atoms with Crippen LogP contribution in [0, 0.1) is 5.41 Å². The van der Waals surface area contributed by atoms with E-state index in [1.165, 1.54) is 13.2 Å². The van der Waals surface area contributed by atoms with Gasteiger partial charge in [0.05, 0.1) is 14.2 Å². The molecule has 1 N–H and O–H groups in total. The number of carbonyl (C=O) groups excluding carboxylic acids is 2. The summed E-state index contributed by atoms with van der Waals surface area (Å²) in [5.74, 6) is -0.759. The molecule has 1 aliphatic rings. The van der Waals surface area contributed by atoms with Crippen molar-refractivity contribution in [1.82, 2.24) is 0 Å². The van der Waals surface area contributed by atoms with Crippen LogP contribution in [0.1, 0.15) is 60.3 Å². The number of ether oxygens (including phenoxy) is 3. The lowest BCUT2D eigenvalue weighted by molar-refractivity contribution is -0.132. The molecule has 3 aromatic rings. The van der Waals surface area contributed by atoms with Crippen LogP contribution in [0.2, 0.25) is 5.02 Å². The number of nitrogens with zero attached hydrogens (tertiary/aromatic N) is 1. The Kier molecular flexibility index (Phi) is 9.39. The second kappa shape index (κ2) is 12.8. The van der Waals surface area contributed by atoms with Gasteiger partial charge < -0.3 is 24.2 Å². The number of rotatable bonds is 9. The number of carbonyl (C=O) groups is 3. The molecule has 1 aliphatic heterocycles. The van der Waals surface area contributed by atoms with Crippen LogP contribution >= 0.6 is 11.6 Å². The number of aliphatic carboxylic acids is 1. The van der Waals surface area contributed by atoms with Crippen molar-refractivity contribution in [2.45, 2.75) is 39.4 Å². The zero-order valence-electron chi connectivity index (χ0n) is 24.2. The molecule has 0 unspecified atom stereocenters. The second-order valence-corrected chi connectivity index (χ2v) is 11.6. The van der Waals surface area contributed by atoms with Gasteiger partial charge in [0.25, 0.3) is 5.91 Å². The van der Waals surface area contributed by atoms with Crippen LogP contribution in [0.4, 0.5) is 5.69 Å². The van der Waals surface area contributed by atoms with Crippen molar-refractivity contribution in [3.8, 4) is 11.5 Å². The van der Waals surface area contributed by atoms with Crippen LogP contribution in [0.25, 0.3) is 6.08 Å². The number of carboxylic acid groups (broad SMARTS) is 1. The van der Waals surface area contributed by atoms with Crippen molar-refractivity contribution in [3.05, 3.63) is 94.0 Å². The molecule has 0 bridgehead atoms. The van der Waals surface area contributed by atoms with Crippen molar-refractivity contribution in [2.24, 2.45) is 5.41 Å². The fourth-order valence-electron chi connectivity index (χ4n) is 4.94. The summed E-state index contributed by atoms with van der Waals surface area (Å²) in [4.78, 5) is 40.2. The summed E-state index contributed by atoms with van der Waals surface area (Å²) in [7, 11) is 3.07. The molecule has 0 saturated heterocycles. The van der Waals surface area contributed by atoms with Crippen molar-refractivity contribution in [2.75, 3.05) is 25.7 Å². The molecule has 3 aromatic carbocycles. The van der Waals surface area contributed by atoms with Gasteiger partial charge in [-0.1, -0.05) is 68.8 Å². The molecule has 0 fully saturated rings. The maximum atomic E-state index is 14.2. The zero-order valence-corrected chi connectivity index (χ0v) is 25.0. The first-order valence-electron chi connectivity index (χ1n) is 13.4. The van der Waals surface area contributed by atoms with Gasteiger partial charge in [-0.3, -0.25) is 9.59 Å². The maximum absolute atomic E-state index is 14.2. The lowest BCUT2D eigenvalue weighted by atomic mass is 9.94. The molecule has 2 atom stereocenters. The number of hydrogen-bond donors (Lipinski definition) is 1. The lowest BCUT2D eigenvalue weighted by Crippen LogP contribution is -2.44. The molecule has 0 aliphatic carbocycles. The molecule has 1 amide bonds. The molecular weight excluding hydrogens is 558 g/mol. The van der Waals surface area contributed by atoms with E-state index in [1.807, 2.05) is 32.9 Å². The Morgan fingerprint density at radius 2 is 1.74 bits per heavy atom. The minimum atomic E-state index is -1.13. The molecule has 42 heavy (non-hydrogen) atoms. The van der Waals surface area contributed by atoms with Crippen LogP contribution in [0.3, 0.4) is 0 Å². The number of anilines is 1. The Labute approximate surface area is 250 Å². The molecule has 0 aromatic heterocycles. The fraction of sp³-hybridized carbons (Fsp3) is 0.303. The molecular formula is C33H34ClNO7. The molecule has 0 saturated carbocycles. The molecule has 220 valence electrons. The molecule has 4 rings (SSSR count). The van der Waals surface area contributed by atoms with Crippen molar-refractivity contribution >= 4 is 41.0 Å². The van der Waals surface area contributed by atoms with Gasteiger partial charge in [0.15, 0.2) is 17.3 Å². The van der Waals surface area contributed by atoms with Crippen molar-refractivity contribution in [3.63, 3.8) is 0 Å². The average molecular weight is 592 g/mol. The van der Waals surface area contributed by atoms with Gasteiger partial charge in [-0.05, 0) is 41.3 Å². The van der Waals surface area contributed by atoms with Gasteiger partial charge in [-0.25, -0.2) is 4.79 Å². The highest BCUT2D eigenvalue weighted by molar-refractivity contribution is 6.30. The summed E-state index contributed by atoms with van der Waals surface area (Å²) < 4.78 is 17.8. The number of fused-ring (bicyclic) bond motifs is 1. The topological polar surface area (TPSA) is 102 Å². The summed E-state index contributed by atoms with van der Waals surface area (Å²) in [5, 5.41) is 9.34. The van der Waals surface area contributed by atoms with E-state index < -0.39 is 18.2 Å². The average Bonchev–Trinajstić information content (AvgIpc) is 3.05. The third kappa shape index (κ3) is 7.01. The highest BCUT2D eigenvalue weighted by Gasteiger charge is 2.40. The van der Waals surface area contributed by atoms with Crippen LogP contribution in [-0.4, -0.2) is 49.6 Å².